The summed E-state index contributed by atoms with van der Waals surface area (Å²) in [5, 5.41) is 3.78. The third-order valence-electron chi connectivity index (χ3n) is 4.27. The third-order valence-corrected chi connectivity index (χ3v) is 4.52. The average Bonchev–Trinajstić information content (AvgIpc) is 3.25. The fraction of sp³-hybridized carbons (Fsp3) is 0.182. The van der Waals surface area contributed by atoms with Gasteiger partial charge in [0.1, 0.15) is 5.76 Å². The number of halogens is 1. The van der Waals surface area contributed by atoms with Crippen molar-refractivity contribution < 1.29 is 18.7 Å². The summed E-state index contributed by atoms with van der Waals surface area (Å²) >= 11 is 5.87. The smallest absolute Gasteiger partial charge is 0.340 e. The van der Waals surface area contributed by atoms with Crippen LogP contribution in [0.15, 0.2) is 71.3 Å². The molecule has 0 unspecified atom stereocenters. The Hall–Kier alpha value is -3.25. The molecule has 1 amide bonds. The molecule has 2 aromatic carbocycles. The number of hydrogen-bond donors (Lipinski definition) is 1. The predicted octanol–water partition coefficient (Wildman–Crippen LogP) is 4.36. The minimum atomic E-state index is -0.569. The van der Waals surface area contributed by atoms with Crippen LogP contribution in [0.1, 0.15) is 21.7 Å². The minimum Gasteiger partial charge on any atom is -0.467 e. The van der Waals surface area contributed by atoms with Gasteiger partial charge in [-0.3, -0.25) is 4.79 Å². The first-order valence-corrected chi connectivity index (χ1v) is 9.41. The number of furan rings is 1. The third kappa shape index (κ3) is 5.86. The average molecular weight is 413 g/mol. The number of para-hydroxylation sites is 1. The Morgan fingerprint density at radius 3 is 2.55 bits per heavy atom. The monoisotopic (exact) mass is 412 g/mol. The Kier molecular flexibility index (Phi) is 6.92. The maximum absolute atomic E-state index is 12.5. The second-order valence-electron chi connectivity index (χ2n) is 6.43. The number of benzene rings is 2. The number of likely N-dealkylation sites (N-methyl/N-ethyl adjacent to an activating group) is 1. The van der Waals surface area contributed by atoms with Gasteiger partial charge < -0.3 is 19.4 Å². The Bertz CT molecular complexity index is 955. The van der Waals surface area contributed by atoms with E-state index in [4.69, 9.17) is 20.8 Å². The first kappa shape index (κ1) is 20.5. The molecule has 1 N–H and O–H groups in total. The molecular weight excluding hydrogens is 392 g/mol. The zero-order valence-corrected chi connectivity index (χ0v) is 16.7. The molecule has 3 aromatic rings. The fourth-order valence-corrected chi connectivity index (χ4v) is 2.80. The first-order chi connectivity index (χ1) is 14.0. The fourth-order valence-electron chi connectivity index (χ4n) is 2.68. The van der Waals surface area contributed by atoms with E-state index in [0.717, 1.165) is 11.3 Å². The molecule has 0 bridgehead atoms. The molecule has 0 radical (unpaired) electrons. The second kappa shape index (κ2) is 9.80. The topological polar surface area (TPSA) is 71.8 Å². The molecule has 0 spiro atoms. The van der Waals surface area contributed by atoms with E-state index < -0.39 is 5.97 Å². The lowest BCUT2D eigenvalue weighted by Crippen LogP contribution is -2.30. The Labute approximate surface area is 174 Å². The molecule has 3 rings (SSSR count). The first-order valence-electron chi connectivity index (χ1n) is 9.04. The number of carbonyl (C=O) groups excluding carboxylic acids is 2. The number of esters is 1. The maximum atomic E-state index is 12.5. The zero-order chi connectivity index (χ0) is 20.6. The molecule has 6 nitrogen and oxygen atoms in total. The van der Waals surface area contributed by atoms with E-state index >= 15 is 0 Å². The van der Waals surface area contributed by atoms with E-state index in [-0.39, 0.29) is 12.5 Å². The number of nitrogens with zero attached hydrogens (tertiary/aromatic N) is 1. The number of carbonyl (C=O) groups is 2. The Morgan fingerprint density at radius 2 is 1.83 bits per heavy atom. The van der Waals surface area contributed by atoms with Crippen molar-refractivity contribution in [3.8, 4) is 0 Å². The van der Waals surface area contributed by atoms with Gasteiger partial charge in [0.25, 0.3) is 5.91 Å². The molecule has 7 heteroatoms. The van der Waals surface area contributed by atoms with Crippen LogP contribution in [0, 0.1) is 0 Å². The summed E-state index contributed by atoms with van der Waals surface area (Å²) in [6.45, 7) is 0.490. The highest BCUT2D eigenvalue weighted by molar-refractivity contribution is 6.30. The lowest BCUT2D eigenvalue weighted by atomic mass is 10.2. The standard InChI is InChI=1S/C22H21ClN2O4/c1-25(14-16-8-10-17(23)11-9-16)21(26)15-29-22(27)19-6-2-3-7-20(19)24-13-18-5-4-12-28-18/h2-12,24H,13-15H2,1H3. The molecular formula is C22H21ClN2O4. The molecule has 29 heavy (non-hydrogen) atoms. The molecule has 0 aliphatic carbocycles. The van der Waals surface area contributed by atoms with E-state index in [2.05, 4.69) is 5.32 Å². The van der Waals surface area contributed by atoms with Gasteiger partial charge in [0, 0.05) is 24.3 Å². The van der Waals surface area contributed by atoms with Gasteiger partial charge in [0.2, 0.25) is 0 Å². The normalized spacial score (nSPS) is 10.4. The number of ether oxygens (including phenoxy) is 1. The van der Waals surface area contributed by atoms with Crippen molar-refractivity contribution in [2.24, 2.45) is 0 Å². The van der Waals surface area contributed by atoms with Crippen LogP contribution in [-0.4, -0.2) is 30.4 Å². The molecule has 0 saturated carbocycles. The zero-order valence-electron chi connectivity index (χ0n) is 15.9. The van der Waals surface area contributed by atoms with Gasteiger partial charge in [-0.2, -0.15) is 0 Å². The van der Waals surface area contributed by atoms with Gasteiger partial charge in [0.05, 0.1) is 18.4 Å². The van der Waals surface area contributed by atoms with E-state index in [1.54, 1.807) is 49.7 Å². The van der Waals surface area contributed by atoms with Crippen molar-refractivity contribution >= 4 is 29.2 Å². The predicted molar refractivity (Wildman–Crippen MR) is 111 cm³/mol. The van der Waals surface area contributed by atoms with E-state index in [0.29, 0.717) is 29.4 Å². The number of nitrogens with one attached hydrogen (secondary N) is 1. The Morgan fingerprint density at radius 1 is 1.07 bits per heavy atom. The van der Waals surface area contributed by atoms with Crippen LogP contribution in [0.25, 0.3) is 0 Å². The molecule has 150 valence electrons. The lowest BCUT2D eigenvalue weighted by Gasteiger charge is -2.17. The van der Waals surface area contributed by atoms with Crippen LogP contribution in [-0.2, 0) is 22.6 Å². The Balaban J connectivity index is 1.54. The highest BCUT2D eigenvalue weighted by atomic mass is 35.5. The van der Waals surface area contributed by atoms with Gasteiger partial charge in [-0.1, -0.05) is 35.9 Å². The number of hydrogen-bond acceptors (Lipinski definition) is 5. The van der Waals surface area contributed by atoms with Crippen LogP contribution in [0.4, 0.5) is 5.69 Å². The summed E-state index contributed by atoms with van der Waals surface area (Å²) in [5.41, 5.74) is 1.90. The van der Waals surface area contributed by atoms with Crippen molar-refractivity contribution in [1.29, 1.82) is 0 Å². The van der Waals surface area contributed by atoms with E-state index in [1.807, 2.05) is 24.3 Å². The summed E-state index contributed by atoms with van der Waals surface area (Å²) in [6.07, 6.45) is 1.59. The van der Waals surface area contributed by atoms with Crippen molar-refractivity contribution in [3.63, 3.8) is 0 Å². The van der Waals surface area contributed by atoms with Crippen molar-refractivity contribution in [2.75, 3.05) is 19.0 Å². The second-order valence-corrected chi connectivity index (χ2v) is 6.87. The lowest BCUT2D eigenvalue weighted by molar-refractivity contribution is -0.133. The van der Waals surface area contributed by atoms with Gasteiger partial charge in [0.15, 0.2) is 6.61 Å². The van der Waals surface area contributed by atoms with Gasteiger partial charge in [-0.25, -0.2) is 4.79 Å². The van der Waals surface area contributed by atoms with Gasteiger partial charge >= 0.3 is 5.97 Å². The highest BCUT2D eigenvalue weighted by Gasteiger charge is 2.16. The van der Waals surface area contributed by atoms with Crippen LogP contribution in [0.2, 0.25) is 5.02 Å². The minimum absolute atomic E-state index is 0.297. The van der Waals surface area contributed by atoms with Gasteiger partial charge in [-0.15, -0.1) is 0 Å². The van der Waals surface area contributed by atoms with E-state index in [9.17, 15) is 9.59 Å². The van der Waals surface area contributed by atoms with Crippen molar-refractivity contribution in [1.82, 2.24) is 4.90 Å². The van der Waals surface area contributed by atoms with Crippen molar-refractivity contribution in [3.05, 3.63) is 88.8 Å². The largest absolute Gasteiger partial charge is 0.467 e. The van der Waals surface area contributed by atoms with Crippen LogP contribution in [0.5, 0.6) is 0 Å². The quantitative estimate of drug-likeness (QED) is 0.556. The molecule has 1 aromatic heterocycles. The van der Waals surface area contributed by atoms with Gasteiger partial charge in [-0.05, 0) is 42.0 Å². The molecule has 0 saturated heterocycles. The SMILES string of the molecule is CN(Cc1ccc(Cl)cc1)C(=O)COC(=O)c1ccccc1NCc1ccco1. The summed E-state index contributed by atoms with van der Waals surface area (Å²) < 4.78 is 10.5. The number of anilines is 1. The summed E-state index contributed by atoms with van der Waals surface area (Å²) in [5.74, 6) is -0.123. The molecule has 1 heterocycles. The summed E-state index contributed by atoms with van der Waals surface area (Å²) in [4.78, 5) is 26.3. The molecule has 0 atom stereocenters. The highest BCUT2D eigenvalue weighted by Crippen LogP contribution is 2.18. The van der Waals surface area contributed by atoms with E-state index in [1.165, 1.54) is 4.90 Å². The summed E-state index contributed by atoms with van der Waals surface area (Å²) in [7, 11) is 1.66. The number of rotatable bonds is 8. The van der Waals surface area contributed by atoms with Crippen LogP contribution in [0.3, 0.4) is 0 Å². The van der Waals surface area contributed by atoms with Crippen LogP contribution < -0.4 is 5.32 Å². The molecule has 0 fully saturated rings. The van der Waals surface area contributed by atoms with Crippen LogP contribution >= 0.6 is 11.6 Å². The number of amides is 1. The van der Waals surface area contributed by atoms with Crippen molar-refractivity contribution in [2.45, 2.75) is 13.1 Å². The summed E-state index contributed by atoms with van der Waals surface area (Å²) in [6, 6.07) is 17.8. The maximum Gasteiger partial charge on any atom is 0.340 e. The molecule has 0 aliphatic rings. The molecule has 0 aliphatic heterocycles.